The summed E-state index contributed by atoms with van der Waals surface area (Å²) in [4.78, 5) is 49.2. The van der Waals surface area contributed by atoms with Crippen molar-refractivity contribution < 1.29 is 56.6 Å². The average Bonchev–Trinajstić information content (AvgIpc) is 3.08. The Morgan fingerprint density at radius 1 is 0.571 bits per heavy atom. The topological polar surface area (TPSA) is 127 Å². The average molecular weight is 792 g/mol. The van der Waals surface area contributed by atoms with Gasteiger partial charge in [-0.3, -0.25) is 19.2 Å². The minimum absolute atomic E-state index is 0. The molecule has 0 spiro atoms. The van der Waals surface area contributed by atoms with Crippen molar-refractivity contribution >= 4 is 23.9 Å². The van der Waals surface area contributed by atoms with Gasteiger partial charge in [0.25, 0.3) is 0 Å². The molecule has 0 aliphatic rings. The van der Waals surface area contributed by atoms with Crippen molar-refractivity contribution in [3.8, 4) is 0 Å². The molecule has 320 valence electrons. The van der Waals surface area contributed by atoms with E-state index >= 15 is 0 Å². The fourth-order valence-electron chi connectivity index (χ4n) is 5.20. The summed E-state index contributed by atoms with van der Waals surface area (Å²) < 4.78 is 32.8. The Hall–Kier alpha value is -3.88. The first kappa shape index (κ1) is 54.2. The van der Waals surface area contributed by atoms with Crippen molar-refractivity contribution in [2.75, 3.05) is 103 Å². The third-order valence-corrected chi connectivity index (χ3v) is 8.31. The molecule has 2 unspecified atom stereocenters. The molecule has 0 saturated heterocycles. The van der Waals surface area contributed by atoms with Gasteiger partial charge in [0.2, 0.25) is 0 Å². The molecule has 0 aromatic heterocycles. The van der Waals surface area contributed by atoms with Crippen LogP contribution in [0.15, 0.2) is 48.5 Å². The maximum atomic E-state index is 12.5. The molecular formula is C43H73N3O10. The fourth-order valence-corrected chi connectivity index (χ4v) is 5.20. The Morgan fingerprint density at radius 3 is 1.21 bits per heavy atom. The first-order chi connectivity index (χ1) is 25.0. The zero-order chi connectivity index (χ0) is 41.2. The van der Waals surface area contributed by atoms with E-state index in [-0.39, 0.29) is 54.5 Å². The number of hydrogen-bond acceptors (Lipinski definition) is 11. The van der Waals surface area contributed by atoms with Gasteiger partial charge in [0.05, 0.1) is 55.0 Å². The molecule has 2 rings (SSSR count). The zero-order valence-corrected chi connectivity index (χ0v) is 37.1. The lowest BCUT2D eigenvalue weighted by Crippen LogP contribution is -2.43. The van der Waals surface area contributed by atoms with Gasteiger partial charge in [0.1, 0.15) is 50.3 Å². The summed E-state index contributed by atoms with van der Waals surface area (Å²) in [6.45, 7) is 10.3. The highest BCUT2D eigenvalue weighted by Gasteiger charge is 2.38. The molecular weight excluding hydrogens is 718 g/mol. The summed E-state index contributed by atoms with van der Waals surface area (Å²) in [5.74, 6) is -1.79. The second-order valence-corrected chi connectivity index (χ2v) is 16.4. The largest absolute Gasteiger partial charge is 0.465 e. The summed E-state index contributed by atoms with van der Waals surface area (Å²) >= 11 is 0. The molecule has 2 atom stereocenters. The van der Waals surface area contributed by atoms with E-state index in [4.69, 9.17) is 28.4 Å². The van der Waals surface area contributed by atoms with Gasteiger partial charge < -0.3 is 57.1 Å². The van der Waals surface area contributed by atoms with Crippen molar-refractivity contribution in [1.29, 1.82) is 0 Å². The van der Waals surface area contributed by atoms with E-state index in [9.17, 15) is 19.2 Å². The first-order valence-corrected chi connectivity index (χ1v) is 18.0. The normalized spacial score (nSPS) is 13.3. The van der Waals surface area contributed by atoms with Crippen LogP contribution in [0.4, 0.5) is 0 Å². The minimum Gasteiger partial charge on any atom is -0.465 e. The van der Waals surface area contributed by atoms with Crippen molar-refractivity contribution in [1.82, 2.24) is 4.90 Å². The molecule has 0 fully saturated rings. The van der Waals surface area contributed by atoms with E-state index in [1.165, 1.54) is 39.2 Å². The third kappa shape index (κ3) is 22.0. The third-order valence-electron chi connectivity index (χ3n) is 8.31. The lowest BCUT2D eigenvalue weighted by atomic mass is 9.93. The van der Waals surface area contributed by atoms with Crippen LogP contribution in [0.2, 0.25) is 0 Å². The first-order valence-electron chi connectivity index (χ1n) is 18.0. The van der Waals surface area contributed by atoms with Crippen LogP contribution in [0.25, 0.3) is 0 Å². The van der Waals surface area contributed by atoms with E-state index in [0.29, 0.717) is 0 Å². The molecule has 56 heavy (non-hydrogen) atoms. The van der Waals surface area contributed by atoms with Crippen molar-refractivity contribution in [2.24, 2.45) is 10.8 Å². The lowest BCUT2D eigenvalue weighted by Gasteiger charge is -2.31. The Morgan fingerprint density at radius 2 is 0.911 bits per heavy atom. The molecule has 0 heterocycles. The van der Waals surface area contributed by atoms with Crippen LogP contribution in [-0.2, 0) is 73.9 Å². The van der Waals surface area contributed by atoms with Crippen LogP contribution in [0.3, 0.4) is 0 Å². The van der Waals surface area contributed by atoms with Crippen LogP contribution in [-0.4, -0.2) is 141 Å². The number of ether oxygens (including phenoxy) is 6. The van der Waals surface area contributed by atoms with Crippen LogP contribution >= 0.6 is 0 Å². The molecule has 0 saturated carbocycles. The smallest absolute Gasteiger partial charge is 0.317 e. The number of likely N-dealkylation sites (N-methyl/N-ethyl adjacent to an activating group) is 2. The summed E-state index contributed by atoms with van der Waals surface area (Å²) in [7, 11) is 18.0. The quantitative estimate of drug-likeness (QED) is 0.0723. The highest BCUT2D eigenvalue weighted by molar-refractivity contribution is 5.78. The van der Waals surface area contributed by atoms with Crippen LogP contribution in [0.5, 0.6) is 0 Å². The Balaban J connectivity index is 0. The van der Waals surface area contributed by atoms with E-state index in [1.54, 1.807) is 13.8 Å². The number of rotatable bonds is 21. The number of nitrogens with zero attached hydrogens (tertiary/aromatic N) is 3. The highest BCUT2D eigenvalue weighted by Crippen LogP contribution is 2.23. The van der Waals surface area contributed by atoms with Crippen LogP contribution < -0.4 is 0 Å². The zero-order valence-electron chi connectivity index (χ0n) is 37.1. The summed E-state index contributed by atoms with van der Waals surface area (Å²) in [6.07, 6.45) is 0. The number of carbonyl (C=O) groups excluding carboxylic acids is 4. The Labute approximate surface area is 338 Å². The summed E-state index contributed by atoms with van der Waals surface area (Å²) in [5, 5.41) is 0. The van der Waals surface area contributed by atoms with E-state index < -0.39 is 34.7 Å². The molecule has 13 heteroatoms. The van der Waals surface area contributed by atoms with E-state index in [1.807, 2.05) is 36.4 Å². The summed E-state index contributed by atoms with van der Waals surface area (Å²) in [5.41, 5.74) is 2.22. The van der Waals surface area contributed by atoms with E-state index in [0.717, 1.165) is 46.3 Å². The predicted octanol–water partition coefficient (Wildman–Crippen LogP) is 5.14. The second-order valence-electron chi connectivity index (χ2n) is 16.4. The SMILES string of the molecule is COCC(C)(COC(C)=O)C(=O)OCc1ccc(C[N+](C)(C)C)cc1.COCC(C)(COC(C)=O)C(=O)OCc1ccc(C[N+](C)(C)CCN(C)C)cc1.[CH3-].[CH3-]. The maximum absolute atomic E-state index is 12.5. The minimum atomic E-state index is -1.03. The molecule has 2 aromatic rings. The molecule has 2 aromatic carbocycles. The number of carbonyl (C=O) groups is 4. The van der Waals surface area contributed by atoms with Gasteiger partial charge >= 0.3 is 23.9 Å². The standard InChI is InChI=1S/C22H37N2O5.C19H30NO5.2CH3/c1-18(25)29-17-22(2,16-27-7)21(26)28-15-20-10-8-19(9-11-20)14-24(5,6)13-12-23(3)4;1-15(21)25-14-19(2,13-23-6)18(22)24-12-17-9-7-16(8-10-17)11-20(3,4)5;;/h8-11H,12-17H2,1-7H3;7-10H,11-14H2,1-6H3;2*1H3/q2*+1;2*-1. The number of esters is 4. The molecule has 0 aliphatic heterocycles. The van der Waals surface area contributed by atoms with Crippen LogP contribution in [0.1, 0.15) is 49.9 Å². The van der Waals surface area contributed by atoms with Gasteiger partial charge in [-0.15, -0.1) is 0 Å². The van der Waals surface area contributed by atoms with Crippen molar-refractivity contribution in [2.45, 2.75) is 54.0 Å². The summed E-state index contributed by atoms with van der Waals surface area (Å²) in [6, 6.07) is 16.1. The van der Waals surface area contributed by atoms with E-state index in [2.05, 4.69) is 66.4 Å². The number of benzene rings is 2. The molecule has 13 nitrogen and oxygen atoms in total. The fraction of sp³-hybridized carbons (Fsp3) is 0.581. The van der Waals surface area contributed by atoms with Gasteiger partial charge in [0, 0.05) is 45.7 Å². The highest BCUT2D eigenvalue weighted by atomic mass is 16.6. The molecule has 0 bridgehead atoms. The van der Waals surface area contributed by atoms with Gasteiger partial charge in [-0.1, -0.05) is 48.5 Å². The van der Waals surface area contributed by atoms with Gasteiger partial charge in [-0.25, -0.2) is 0 Å². The lowest BCUT2D eigenvalue weighted by molar-refractivity contribution is -0.903. The number of methoxy groups -OCH3 is 2. The van der Waals surface area contributed by atoms with Gasteiger partial charge in [-0.2, -0.15) is 0 Å². The van der Waals surface area contributed by atoms with Crippen molar-refractivity contribution in [3.05, 3.63) is 85.6 Å². The second kappa shape index (κ2) is 25.4. The molecule has 0 amide bonds. The number of quaternary nitrogens is 2. The molecule has 0 radical (unpaired) electrons. The van der Waals surface area contributed by atoms with Crippen LogP contribution in [0, 0.1) is 25.7 Å². The van der Waals surface area contributed by atoms with Gasteiger partial charge in [0.15, 0.2) is 0 Å². The molecule has 0 N–H and O–H groups in total. The predicted molar refractivity (Wildman–Crippen MR) is 220 cm³/mol. The molecule has 0 aliphatic carbocycles. The maximum Gasteiger partial charge on any atom is 0.317 e. The van der Waals surface area contributed by atoms with Gasteiger partial charge in [-0.05, 0) is 39.1 Å². The van der Waals surface area contributed by atoms with Crippen molar-refractivity contribution in [3.63, 3.8) is 0 Å². The number of hydrogen-bond donors (Lipinski definition) is 0. The Kier molecular flexibility index (Phi) is 24.6. The Bertz CT molecular complexity index is 1460. The monoisotopic (exact) mass is 792 g/mol.